The molecule has 1 rings (SSSR count). The molecule has 1 saturated heterocycles. The molecule has 2 amide bonds. The van der Waals surface area contributed by atoms with Crippen LogP contribution in [-0.2, 0) is 23.9 Å². The molecular formula is C17H31NO5. The highest BCUT2D eigenvalue weighted by molar-refractivity contribution is 6.03. The van der Waals surface area contributed by atoms with Crippen molar-refractivity contribution in [2.24, 2.45) is 11.8 Å². The number of hydrogen-bond acceptors (Lipinski definition) is 5. The minimum atomic E-state index is -0.188. The van der Waals surface area contributed by atoms with Crippen molar-refractivity contribution in [2.75, 3.05) is 33.0 Å². The summed E-state index contributed by atoms with van der Waals surface area (Å²) in [5, 5.41) is 0. The van der Waals surface area contributed by atoms with Crippen LogP contribution in [0.3, 0.4) is 0 Å². The number of ether oxygens (including phenoxy) is 2. The second kappa shape index (κ2) is 12.2. The van der Waals surface area contributed by atoms with E-state index in [1.54, 1.807) is 0 Å². The molecule has 1 atom stereocenters. The van der Waals surface area contributed by atoms with E-state index in [0.29, 0.717) is 45.8 Å². The highest BCUT2D eigenvalue weighted by Crippen LogP contribution is 2.25. The number of imide groups is 1. The van der Waals surface area contributed by atoms with E-state index in [9.17, 15) is 14.4 Å². The van der Waals surface area contributed by atoms with E-state index in [2.05, 4.69) is 0 Å². The summed E-state index contributed by atoms with van der Waals surface area (Å²) >= 11 is 0. The van der Waals surface area contributed by atoms with Gasteiger partial charge in [0.2, 0.25) is 11.8 Å². The van der Waals surface area contributed by atoms with Gasteiger partial charge in [0.1, 0.15) is 5.78 Å². The lowest BCUT2D eigenvalue weighted by atomic mass is 9.94. The molecule has 0 radical (unpaired) electrons. The molecule has 0 aromatic heterocycles. The summed E-state index contributed by atoms with van der Waals surface area (Å²) in [6.07, 6.45) is 0.720. The number of carbonyl (C=O) groups excluding carboxylic acids is 3. The number of hydrogen-bond donors (Lipinski definition) is 0. The Morgan fingerprint density at radius 2 is 1.70 bits per heavy atom. The van der Waals surface area contributed by atoms with Gasteiger partial charge in [0, 0.05) is 18.8 Å². The van der Waals surface area contributed by atoms with Crippen LogP contribution in [0.15, 0.2) is 0 Å². The summed E-state index contributed by atoms with van der Waals surface area (Å²) in [6, 6.07) is 0. The van der Waals surface area contributed by atoms with E-state index in [1.165, 1.54) is 11.8 Å². The third-order valence-corrected chi connectivity index (χ3v) is 3.51. The van der Waals surface area contributed by atoms with Gasteiger partial charge in [0.05, 0.1) is 33.0 Å². The zero-order chi connectivity index (χ0) is 17.8. The highest BCUT2D eigenvalue weighted by atomic mass is 16.5. The summed E-state index contributed by atoms with van der Waals surface area (Å²) in [5.74, 6) is -0.104. The number of amides is 2. The molecular weight excluding hydrogens is 298 g/mol. The van der Waals surface area contributed by atoms with E-state index in [-0.39, 0.29) is 29.4 Å². The third kappa shape index (κ3) is 8.23. The molecule has 1 aliphatic heterocycles. The van der Waals surface area contributed by atoms with Crippen LogP contribution in [-0.4, -0.2) is 55.5 Å². The normalized spacial score (nSPS) is 17.5. The van der Waals surface area contributed by atoms with Gasteiger partial charge in [-0.3, -0.25) is 19.3 Å². The maximum Gasteiger partial charge on any atom is 0.233 e. The van der Waals surface area contributed by atoms with Crippen LogP contribution in [0.5, 0.6) is 0 Å². The van der Waals surface area contributed by atoms with Crippen LogP contribution in [0, 0.1) is 11.8 Å². The lowest BCUT2D eigenvalue weighted by Crippen LogP contribution is -2.34. The molecule has 0 N–H and O–H groups in total. The van der Waals surface area contributed by atoms with Crippen molar-refractivity contribution in [2.45, 2.75) is 47.5 Å². The Hall–Kier alpha value is -1.27. The van der Waals surface area contributed by atoms with Gasteiger partial charge in [-0.2, -0.15) is 0 Å². The fourth-order valence-corrected chi connectivity index (χ4v) is 2.16. The van der Waals surface area contributed by atoms with Gasteiger partial charge < -0.3 is 9.47 Å². The number of Topliss-reactive ketones (excluding diaryl/α,β-unsaturated/α-hetero) is 1. The molecule has 0 aliphatic carbocycles. The number of carbonyl (C=O) groups is 3. The number of nitrogens with zero attached hydrogens (tertiary/aromatic N) is 1. The van der Waals surface area contributed by atoms with Gasteiger partial charge in [-0.15, -0.1) is 0 Å². The van der Waals surface area contributed by atoms with Gasteiger partial charge in [-0.1, -0.05) is 27.7 Å². The van der Waals surface area contributed by atoms with Crippen LogP contribution in [0.4, 0.5) is 0 Å². The first-order valence-electron chi connectivity index (χ1n) is 8.42. The average Bonchev–Trinajstić information content (AvgIpc) is 2.79. The first-order chi connectivity index (χ1) is 10.9. The Morgan fingerprint density at radius 3 is 2.17 bits per heavy atom. The molecule has 0 aromatic rings. The van der Waals surface area contributed by atoms with Crippen LogP contribution in [0.1, 0.15) is 47.5 Å². The van der Waals surface area contributed by atoms with Crippen molar-refractivity contribution >= 4 is 17.6 Å². The molecule has 6 heteroatoms. The van der Waals surface area contributed by atoms with E-state index >= 15 is 0 Å². The van der Waals surface area contributed by atoms with E-state index in [0.717, 1.165) is 0 Å². The van der Waals surface area contributed by atoms with Crippen LogP contribution in [0.25, 0.3) is 0 Å². The van der Waals surface area contributed by atoms with Crippen LogP contribution >= 0.6 is 0 Å². The predicted molar refractivity (Wildman–Crippen MR) is 87.9 cm³/mol. The topological polar surface area (TPSA) is 72.9 Å². The van der Waals surface area contributed by atoms with E-state index < -0.39 is 0 Å². The number of likely N-dealkylation sites (tertiary alicyclic amines) is 1. The lowest BCUT2D eigenvalue weighted by Gasteiger charge is -2.16. The third-order valence-electron chi connectivity index (χ3n) is 3.51. The summed E-state index contributed by atoms with van der Waals surface area (Å²) in [5.41, 5.74) is 0. The Morgan fingerprint density at radius 1 is 1.13 bits per heavy atom. The second-order valence-electron chi connectivity index (χ2n) is 5.62. The number of ketones is 1. The van der Waals surface area contributed by atoms with Crippen molar-refractivity contribution in [1.29, 1.82) is 0 Å². The molecule has 0 spiro atoms. The smallest absolute Gasteiger partial charge is 0.233 e. The van der Waals surface area contributed by atoms with Crippen LogP contribution in [0.2, 0.25) is 0 Å². The zero-order valence-corrected chi connectivity index (χ0v) is 15.1. The SMILES string of the molecule is CC.CC(=O)CCOCCOCCN1C(=O)CC(C(C)C)C1=O. The molecule has 134 valence electrons. The van der Waals surface area contributed by atoms with E-state index in [4.69, 9.17) is 9.47 Å². The predicted octanol–water partition coefficient (Wildman–Crippen LogP) is 2.06. The first-order valence-corrected chi connectivity index (χ1v) is 8.42. The average molecular weight is 329 g/mol. The molecule has 0 saturated carbocycles. The summed E-state index contributed by atoms with van der Waals surface area (Å²) in [6.45, 7) is 11.2. The zero-order valence-electron chi connectivity index (χ0n) is 15.1. The lowest BCUT2D eigenvalue weighted by molar-refractivity contribution is -0.140. The Bertz CT molecular complexity index is 381. The molecule has 23 heavy (non-hydrogen) atoms. The quantitative estimate of drug-likeness (QED) is 0.453. The maximum atomic E-state index is 12.0. The van der Waals surface area contributed by atoms with Crippen LogP contribution < -0.4 is 0 Å². The van der Waals surface area contributed by atoms with Crippen molar-refractivity contribution in [1.82, 2.24) is 4.90 Å². The Kier molecular flexibility index (Phi) is 11.5. The highest BCUT2D eigenvalue weighted by Gasteiger charge is 2.39. The Labute approximate surface area is 139 Å². The standard InChI is InChI=1S/C15H25NO5.C2H6/c1-11(2)13-10-14(18)16(15(13)19)5-7-21-9-8-20-6-4-12(3)17;1-2/h11,13H,4-10H2,1-3H3;1-2H3. The van der Waals surface area contributed by atoms with Crippen molar-refractivity contribution in [3.63, 3.8) is 0 Å². The molecule has 0 aromatic carbocycles. The van der Waals surface area contributed by atoms with Crippen molar-refractivity contribution in [3.05, 3.63) is 0 Å². The van der Waals surface area contributed by atoms with Gasteiger partial charge in [0.25, 0.3) is 0 Å². The van der Waals surface area contributed by atoms with Gasteiger partial charge in [-0.05, 0) is 12.8 Å². The molecule has 1 aliphatic rings. The van der Waals surface area contributed by atoms with Gasteiger partial charge >= 0.3 is 0 Å². The fraction of sp³-hybridized carbons (Fsp3) is 0.824. The van der Waals surface area contributed by atoms with Gasteiger partial charge in [0.15, 0.2) is 0 Å². The first kappa shape index (κ1) is 21.7. The fourth-order valence-electron chi connectivity index (χ4n) is 2.16. The van der Waals surface area contributed by atoms with Crippen molar-refractivity contribution < 1.29 is 23.9 Å². The number of rotatable bonds is 10. The van der Waals surface area contributed by atoms with Gasteiger partial charge in [-0.25, -0.2) is 0 Å². The monoisotopic (exact) mass is 329 g/mol. The molecule has 6 nitrogen and oxygen atoms in total. The summed E-state index contributed by atoms with van der Waals surface area (Å²) < 4.78 is 10.6. The summed E-state index contributed by atoms with van der Waals surface area (Å²) in [4.78, 5) is 35.8. The Balaban J connectivity index is 0.00000232. The second-order valence-corrected chi connectivity index (χ2v) is 5.62. The van der Waals surface area contributed by atoms with Crippen molar-refractivity contribution in [3.8, 4) is 0 Å². The maximum absolute atomic E-state index is 12.0. The molecule has 1 heterocycles. The minimum absolute atomic E-state index is 0.0868. The molecule has 0 bridgehead atoms. The molecule has 1 unspecified atom stereocenters. The largest absolute Gasteiger partial charge is 0.379 e. The van der Waals surface area contributed by atoms with E-state index in [1.807, 2.05) is 27.7 Å². The minimum Gasteiger partial charge on any atom is -0.379 e. The summed E-state index contributed by atoms with van der Waals surface area (Å²) in [7, 11) is 0. The molecule has 1 fully saturated rings.